The molecule has 1 aliphatic carbocycles. The fourth-order valence-corrected chi connectivity index (χ4v) is 4.23. The van der Waals surface area contributed by atoms with E-state index in [1.54, 1.807) is 6.07 Å². The molecule has 0 saturated heterocycles. The van der Waals surface area contributed by atoms with Gasteiger partial charge >= 0.3 is 0 Å². The smallest absolute Gasteiger partial charge is 0.281 e. The Kier molecular flexibility index (Phi) is 4.79. The molecule has 1 N–H and O–H groups in total. The van der Waals surface area contributed by atoms with Crippen molar-refractivity contribution < 1.29 is 27.2 Å². The van der Waals surface area contributed by atoms with Gasteiger partial charge in [0.2, 0.25) is 6.19 Å². The molecule has 0 radical (unpaired) electrons. The van der Waals surface area contributed by atoms with Crippen molar-refractivity contribution in [1.29, 1.82) is 10.5 Å². The Bertz CT molecular complexity index is 1180. The second-order valence-corrected chi connectivity index (χ2v) is 8.41. The average Bonchev–Trinajstić information content (AvgIpc) is 2.85. The van der Waals surface area contributed by atoms with Gasteiger partial charge in [0.05, 0.1) is 26.3 Å². The van der Waals surface area contributed by atoms with Crippen LogP contribution in [0.1, 0.15) is 22.8 Å². The van der Waals surface area contributed by atoms with Crippen LogP contribution in [0.5, 0.6) is 11.5 Å². The normalized spacial score (nSPS) is 19.0. The van der Waals surface area contributed by atoms with Gasteiger partial charge in [-0.05, 0) is 24.3 Å². The largest absolute Gasteiger partial charge is 0.457 e. The zero-order valence-corrected chi connectivity index (χ0v) is 15.1. The number of aliphatic hydroxyl groups is 1. The summed E-state index contributed by atoms with van der Waals surface area (Å²) in [5, 5.41) is 27.7. The number of rotatable bonds is 3. The first-order valence-electron chi connectivity index (χ1n) is 7.79. The van der Waals surface area contributed by atoms with Gasteiger partial charge in [0.25, 0.3) is 5.92 Å². The Morgan fingerprint density at radius 3 is 2.68 bits per heavy atom. The summed E-state index contributed by atoms with van der Waals surface area (Å²) < 4.78 is 63.4. The molecule has 3 rings (SSSR count). The highest BCUT2D eigenvalue weighted by atomic mass is 32.2. The lowest BCUT2D eigenvalue weighted by Gasteiger charge is -2.17. The highest BCUT2D eigenvalue weighted by Gasteiger charge is 2.50. The van der Waals surface area contributed by atoms with Crippen LogP contribution in [-0.4, -0.2) is 21.5 Å². The first-order chi connectivity index (χ1) is 13.1. The van der Waals surface area contributed by atoms with Crippen LogP contribution in [0.4, 0.5) is 13.2 Å². The van der Waals surface area contributed by atoms with Gasteiger partial charge < -0.3 is 9.84 Å². The van der Waals surface area contributed by atoms with E-state index >= 15 is 0 Å². The monoisotopic (exact) mass is 407 g/mol. The third kappa shape index (κ3) is 3.40. The minimum absolute atomic E-state index is 0.0296. The number of nitriles is 2. The molecule has 0 unspecified atom stereocenters. The number of alkyl halides is 2. The lowest BCUT2D eigenvalue weighted by atomic mass is 10.1. The third-order valence-corrected chi connectivity index (χ3v) is 5.81. The zero-order chi connectivity index (χ0) is 20.7. The lowest BCUT2D eigenvalue weighted by Crippen LogP contribution is -2.22. The predicted octanol–water partition coefficient (Wildman–Crippen LogP) is 3.65. The van der Waals surface area contributed by atoms with Crippen molar-refractivity contribution in [2.24, 2.45) is 4.36 Å². The van der Waals surface area contributed by atoms with Crippen molar-refractivity contribution in [2.45, 2.75) is 23.3 Å². The molecule has 0 aromatic heterocycles. The van der Waals surface area contributed by atoms with Crippen LogP contribution in [0.15, 0.2) is 39.6 Å². The van der Waals surface area contributed by atoms with Crippen molar-refractivity contribution in [3.05, 3.63) is 52.8 Å². The fraction of sp³-hybridized carbons (Fsp3) is 0.222. The van der Waals surface area contributed by atoms with E-state index in [9.17, 15) is 22.5 Å². The summed E-state index contributed by atoms with van der Waals surface area (Å²) in [5.41, 5.74) is -0.482. The zero-order valence-electron chi connectivity index (χ0n) is 14.3. The minimum Gasteiger partial charge on any atom is -0.457 e. The van der Waals surface area contributed by atoms with E-state index in [-0.39, 0.29) is 33.1 Å². The van der Waals surface area contributed by atoms with Gasteiger partial charge in [-0.3, -0.25) is 0 Å². The van der Waals surface area contributed by atoms with E-state index in [4.69, 9.17) is 15.3 Å². The SMILES string of the molecule is C[S@](=O)(=NC#N)c1ccc(Oc2cc(F)cc(C#N)c2)c2c1[C@H](O)C(F)(F)C2. The number of nitrogens with zero attached hydrogens (tertiary/aromatic N) is 3. The molecule has 0 saturated carbocycles. The van der Waals surface area contributed by atoms with Gasteiger partial charge in [-0.2, -0.15) is 10.5 Å². The van der Waals surface area contributed by atoms with Crippen molar-refractivity contribution in [3.8, 4) is 23.8 Å². The number of aliphatic hydroxyl groups excluding tert-OH is 1. The first-order valence-corrected chi connectivity index (χ1v) is 9.72. The second kappa shape index (κ2) is 6.82. The Hall–Kier alpha value is -3.08. The van der Waals surface area contributed by atoms with Gasteiger partial charge in [-0.1, -0.05) is 0 Å². The summed E-state index contributed by atoms with van der Waals surface area (Å²) in [6.07, 6.45) is -0.691. The molecule has 28 heavy (non-hydrogen) atoms. The molecule has 0 fully saturated rings. The number of halogens is 3. The van der Waals surface area contributed by atoms with Gasteiger partial charge in [-0.15, -0.1) is 4.36 Å². The Labute approximate surface area is 158 Å². The van der Waals surface area contributed by atoms with Crippen molar-refractivity contribution in [2.75, 3.05) is 6.26 Å². The van der Waals surface area contributed by atoms with Crippen LogP contribution in [0.2, 0.25) is 0 Å². The van der Waals surface area contributed by atoms with Gasteiger partial charge in [0, 0.05) is 29.9 Å². The third-order valence-electron chi connectivity index (χ3n) is 4.21. The van der Waals surface area contributed by atoms with E-state index < -0.39 is 34.0 Å². The molecular formula is C18H12F3N3O3S. The Morgan fingerprint density at radius 2 is 2.04 bits per heavy atom. The van der Waals surface area contributed by atoms with E-state index in [0.717, 1.165) is 18.4 Å². The Morgan fingerprint density at radius 1 is 1.32 bits per heavy atom. The molecule has 0 aliphatic heterocycles. The van der Waals surface area contributed by atoms with E-state index in [1.807, 2.05) is 0 Å². The van der Waals surface area contributed by atoms with Gasteiger partial charge in [0.1, 0.15) is 23.4 Å². The molecular weight excluding hydrogens is 395 g/mol. The van der Waals surface area contributed by atoms with Crippen LogP contribution >= 0.6 is 0 Å². The van der Waals surface area contributed by atoms with Crippen LogP contribution in [0, 0.1) is 28.6 Å². The maximum atomic E-state index is 14.2. The summed E-state index contributed by atoms with van der Waals surface area (Å²) in [6, 6.07) is 7.33. The fourth-order valence-electron chi connectivity index (χ4n) is 3.01. The number of benzene rings is 2. The van der Waals surface area contributed by atoms with Crippen LogP contribution in [0.3, 0.4) is 0 Å². The van der Waals surface area contributed by atoms with Crippen LogP contribution < -0.4 is 4.74 Å². The number of fused-ring (bicyclic) bond motifs is 1. The number of ether oxygens (including phenoxy) is 1. The molecule has 10 heteroatoms. The minimum atomic E-state index is -3.56. The molecule has 144 valence electrons. The molecule has 0 spiro atoms. The van der Waals surface area contributed by atoms with E-state index in [2.05, 4.69) is 4.36 Å². The van der Waals surface area contributed by atoms with Crippen LogP contribution in [-0.2, 0) is 16.1 Å². The standard InChI is InChI=1S/C18H12F3N3O3S/c1-28(26,24-9-23)15-3-2-14(13-7-18(20,21)17(25)16(13)15)27-12-5-10(8-22)4-11(19)6-12/h2-6,17,25H,7H2,1H3/t17-,28+/m0/s1. The molecule has 2 aromatic rings. The molecule has 6 nitrogen and oxygen atoms in total. The average molecular weight is 407 g/mol. The maximum Gasteiger partial charge on any atom is 0.281 e. The summed E-state index contributed by atoms with van der Waals surface area (Å²) in [4.78, 5) is -0.196. The molecule has 2 aromatic carbocycles. The molecule has 1 aliphatic rings. The highest BCUT2D eigenvalue weighted by Crippen LogP contribution is 2.49. The van der Waals surface area contributed by atoms with E-state index in [0.29, 0.717) is 0 Å². The first kappa shape index (κ1) is 19.7. The number of hydrogen-bond acceptors (Lipinski definition) is 6. The summed E-state index contributed by atoms with van der Waals surface area (Å²) >= 11 is 0. The van der Waals surface area contributed by atoms with E-state index in [1.165, 1.54) is 24.4 Å². The second-order valence-electron chi connectivity index (χ2n) is 6.18. The maximum absolute atomic E-state index is 14.2. The van der Waals surface area contributed by atoms with Crippen molar-refractivity contribution in [1.82, 2.24) is 0 Å². The highest BCUT2D eigenvalue weighted by molar-refractivity contribution is 7.93. The molecule has 0 amide bonds. The molecule has 2 atom stereocenters. The summed E-state index contributed by atoms with van der Waals surface area (Å²) in [6.45, 7) is 0. The Balaban J connectivity index is 2.18. The van der Waals surface area contributed by atoms with Gasteiger partial charge in [-0.25, -0.2) is 17.4 Å². The molecule has 0 bridgehead atoms. The van der Waals surface area contributed by atoms with Crippen LogP contribution in [0.25, 0.3) is 0 Å². The number of hydrogen-bond donors (Lipinski definition) is 1. The molecule has 0 heterocycles. The van der Waals surface area contributed by atoms with Crippen molar-refractivity contribution in [3.63, 3.8) is 0 Å². The lowest BCUT2D eigenvalue weighted by molar-refractivity contribution is -0.0976. The summed E-state index contributed by atoms with van der Waals surface area (Å²) in [5.74, 6) is -4.53. The predicted molar refractivity (Wildman–Crippen MR) is 91.6 cm³/mol. The van der Waals surface area contributed by atoms with Gasteiger partial charge in [0.15, 0.2) is 0 Å². The topological polar surface area (TPSA) is 106 Å². The summed E-state index contributed by atoms with van der Waals surface area (Å²) in [7, 11) is -3.36. The van der Waals surface area contributed by atoms with Crippen molar-refractivity contribution >= 4 is 9.73 Å². The quantitative estimate of drug-likeness (QED) is 0.782.